The summed E-state index contributed by atoms with van der Waals surface area (Å²) in [6.07, 6.45) is 1.77. The second-order valence-corrected chi connectivity index (χ2v) is 5.05. The van der Waals surface area contributed by atoms with E-state index in [2.05, 4.69) is 4.90 Å². The Balaban J connectivity index is 2.28. The Kier molecular flexibility index (Phi) is 3.73. The van der Waals surface area contributed by atoms with E-state index in [1.165, 1.54) is 0 Å². The molecule has 1 fully saturated rings. The minimum Gasteiger partial charge on any atom is -0.465 e. The molecule has 100 valence electrons. The number of primary amides is 1. The number of amides is 1. The van der Waals surface area contributed by atoms with Crippen LogP contribution in [0.2, 0.25) is 0 Å². The van der Waals surface area contributed by atoms with Gasteiger partial charge in [0.05, 0.1) is 12.1 Å². The van der Waals surface area contributed by atoms with Crippen LogP contribution in [0.4, 0.5) is 0 Å². The van der Waals surface area contributed by atoms with E-state index in [-0.39, 0.29) is 24.0 Å². The summed E-state index contributed by atoms with van der Waals surface area (Å²) in [5.41, 5.74) is 11.5. The number of nitrogens with two attached hydrogens (primary N) is 2. The number of nitrogens with zero attached hydrogens (tertiary/aromatic N) is 1. The molecule has 5 nitrogen and oxygen atoms in total. The third-order valence-corrected chi connectivity index (χ3v) is 3.53. The fourth-order valence-corrected chi connectivity index (χ4v) is 2.76. The lowest BCUT2D eigenvalue weighted by Crippen LogP contribution is -2.47. The summed E-state index contributed by atoms with van der Waals surface area (Å²) in [6.45, 7) is 4.66. The first-order valence-corrected chi connectivity index (χ1v) is 6.37. The standard InChI is InChI=1S/C13H21N3O2/c1-8-5-6-11(18-8)12(9(2)14)16-7-3-4-10(16)13(15)17/h5-6,9-10,12H,3-4,7,14H2,1-2H3,(H2,15,17). The van der Waals surface area contributed by atoms with Gasteiger partial charge in [0.2, 0.25) is 5.91 Å². The van der Waals surface area contributed by atoms with Crippen molar-refractivity contribution in [2.75, 3.05) is 6.54 Å². The van der Waals surface area contributed by atoms with E-state index >= 15 is 0 Å². The second kappa shape index (κ2) is 5.12. The molecule has 18 heavy (non-hydrogen) atoms. The molecule has 1 saturated heterocycles. The largest absolute Gasteiger partial charge is 0.465 e. The van der Waals surface area contributed by atoms with Crippen LogP contribution in [0.25, 0.3) is 0 Å². The Bertz CT molecular complexity index is 428. The van der Waals surface area contributed by atoms with Crippen molar-refractivity contribution < 1.29 is 9.21 Å². The highest BCUT2D eigenvalue weighted by atomic mass is 16.3. The maximum Gasteiger partial charge on any atom is 0.234 e. The zero-order valence-corrected chi connectivity index (χ0v) is 10.9. The molecule has 0 saturated carbocycles. The minimum atomic E-state index is -0.276. The number of carbonyl (C=O) groups excluding carboxylic acids is 1. The Labute approximate surface area is 107 Å². The van der Waals surface area contributed by atoms with Crippen LogP contribution in [-0.4, -0.2) is 29.4 Å². The molecular formula is C13H21N3O2. The average Bonchev–Trinajstić information content (AvgIpc) is 2.88. The molecule has 1 aliphatic heterocycles. The molecule has 0 aliphatic carbocycles. The molecule has 1 aliphatic rings. The lowest BCUT2D eigenvalue weighted by Gasteiger charge is -2.32. The van der Waals surface area contributed by atoms with Crippen LogP contribution >= 0.6 is 0 Å². The Morgan fingerprint density at radius 2 is 2.28 bits per heavy atom. The monoisotopic (exact) mass is 251 g/mol. The van der Waals surface area contributed by atoms with Crippen molar-refractivity contribution in [2.24, 2.45) is 11.5 Å². The first-order chi connectivity index (χ1) is 8.50. The van der Waals surface area contributed by atoms with Gasteiger partial charge in [0, 0.05) is 6.04 Å². The lowest BCUT2D eigenvalue weighted by molar-refractivity contribution is -0.123. The lowest BCUT2D eigenvalue weighted by atomic mass is 10.0. The molecule has 2 heterocycles. The van der Waals surface area contributed by atoms with E-state index in [1.54, 1.807) is 0 Å². The summed E-state index contributed by atoms with van der Waals surface area (Å²) in [4.78, 5) is 13.6. The van der Waals surface area contributed by atoms with Crippen molar-refractivity contribution in [2.45, 2.75) is 44.8 Å². The van der Waals surface area contributed by atoms with Crippen LogP contribution in [0, 0.1) is 6.92 Å². The molecule has 4 N–H and O–H groups in total. The maximum atomic E-state index is 11.5. The first kappa shape index (κ1) is 13.1. The molecule has 3 atom stereocenters. The Morgan fingerprint density at radius 3 is 2.78 bits per heavy atom. The van der Waals surface area contributed by atoms with Crippen LogP contribution < -0.4 is 11.5 Å². The van der Waals surface area contributed by atoms with Crippen LogP contribution in [0.5, 0.6) is 0 Å². The van der Waals surface area contributed by atoms with E-state index in [0.29, 0.717) is 0 Å². The highest BCUT2D eigenvalue weighted by Crippen LogP contribution is 2.32. The van der Waals surface area contributed by atoms with Gasteiger partial charge < -0.3 is 15.9 Å². The predicted molar refractivity (Wildman–Crippen MR) is 68.8 cm³/mol. The second-order valence-electron chi connectivity index (χ2n) is 5.05. The molecule has 0 radical (unpaired) electrons. The highest BCUT2D eigenvalue weighted by molar-refractivity contribution is 5.80. The smallest absolute Gasteiger partial charge is 0.234 e. The number of hydrogen-bond donors (Lipinski definition) is 2. The molecule has 3 unspecified atom stereocenters. The van der Waals surface area contributed by atoms with Gasteiger partial charge in [0.25, 0.3) is 0 Å². The molecule has 0 bridgehead atoms. The van der Waals surface area contributed by atoms with E-state index in [9.17, 15) is 4.79 Å². The number of furan rings is 1. The SMILES string of the molecule is Cc1ccc(C(C(C)N)N2CCCC2C(N)=O)o1. The maximum absolute atomic E-state index is 11.5. The van der Waals surface area contributed by atoms with Crippen LogP contribution in [0.15, 0.2) is 16.5 Å². The molecule has 1 aromatic rings. The van der Waals surface area contributed by atoms with Gasteiger partial charge in [-0.1, -0.05) is 0 Å². The summed E-state index contributed by atoms with van der Waals surface area (Å²) in [5, 5.41) is 0. The molecule has 2 rings (SSSR count). The quantitative estimate of drug-likeness (QED) is 0.833. The van der Waals surface area contributed by atoms with Gasteiger partial charge in [-0.15, -0.1) is 0 Å². The number of carbonyl (C=O) groups is 1. The van der Waals surface area contributed by atoms with E-state index in [1.807, 2.05) is 26.0 Å². The van der Waals surface area contributed by atoms with E-state index < -0.39 is 0 Å². The molecule has 1 amide bonds. The van der Waals surface area contributed by atoms with Gasteiger partial charge >= 0.3 is 0 Å². The Hall–Kier alpha value is -1.33. The number of likely N-dealkylation sites (tertiary alicyclic amines) is 1. The normalized spacial score (nSPS) is 24.1. The molecule has 0 spiro atoms. The van der Waals surface area contributed by atoms with Crippen LogP contribution in [-0.2, 0) is 4.79 Å². The molecule has 5 heteroatoms. The van der Waals surface area contributed by atoms with Gasteiger partial charge in [0.15, 0.2) is 0 Å². The van der Waals surface area contributed by atoms with Gasteiger partial charge in [-0.05, 0) is 45.4 Å². The van der Waals surface area contributed by atoms with Gasteiger partial charge in [-0.25, -0.2) is 0 Å². The van der Waals surface area contributed by atoms with E-state index in [4.69, 9.17) is 15.9 Å². The van der Waals surface area contributed by atoms with Crippen molar-refractivity contribution in [1.29, 1.82) is 0 Å². The number of hydrogen-bond acceptors (Lipinski definition) is 4. The van der Waals surface area contributed by atoms with Crippen LogP contribution in [0.3, 0.4) is 0 Å². The minimum absolute atomic E-state index is 0.0845. The Morgan fingerprint density at radius 1 is 1.56 bits per heavy atom. The first-order valence-electron chi connectivity index (χ1n) is 6.37. The van der Waals surface area contributed by atoms with Crippen molar-refractivity contribution >= 4 is 5.91 Å². The highest BCUT2D eigenvalue weighted by Gasteiger charge is 2.37. The predicted octanol–water partition coefficient (Wildman–Crippen LogP) is 0.926. The zero-order valence-electron chi connectivity index (χ0n) is 10.9. The number of rotatable bonds is 4. The fourth-order valence-electron chi connectivity index (χ4n) is 2.76. The van der Waals surface area contributed by atoms with Gasteiger partial charge in [-0.2, -0.15) is 0 Å². The third kappa shape index (κ3) is 2.42. The van der Waals surface area contributed by atoms with Gasteiger partial charge in [-0.3, -0.25) is 9.69 Å². The van der Waals surface area contributed by atoms with E-state index in [0.717, 1.165) is 30.9 Å². The van der Waals surface area contributed by atoms with Crippen molar-refractivity contribution in [3.8, 4) is 0 Å². The fraction of sp³-hybridized carbons (Fsp3) is 0.615. The summed E-state index contributed by atoms with van der Waals surface area (Å²) >= 11 is 0. The van der Waals surface area contributed by atoms with Crippen molar-refractivity contribution in [3.63, 3.8) is 0 Å². The summed E-state index contributed by atoms with van der Waals surface area (Å²) < 4.78 is 5.67. The average molecular weight is 251 g/mol. The third-order valence-electron chi connectivity index (χ3n) is 3.53. The zero-order chi connectivity index (χ0) is 13.3. The molecular weight excluding hydrogens is 230 g/mol. The molecule has 0 aromatic carbocycles. The summed E-state index contributed by atoms with van der Waals surface area (Å²) in [5.74, 6) is 1.39. The summed E-state index contributed by atoms with van der Waals surface area (Å²) in [7, 11) is 0. The van der Waals surface area contributed by atoms with Gasteiger partial charge in [0.1, 0.15) is 11.5 Å². The van der Waals surface area contributed by atoms with Crippen molar-refractivity contribution in [1.82, 2.24) is 4.90 Å². The topological polar surface area (TPSA) is 85.5 Å². The molecule has 1 aromatic heterocycles. The number of aryl methyl sites for hydroxylation is 1. The summed E-state index contributed by atoms with van der Waals surface area (Å²) in [6, 6.07) is 3.42. The van der Waals surface area contributed by atoms with Crippen molar-refractivity contribution in [3.05, 3.63) is 23.7 Å². The van der Waals surface area contributed by atoms with Crippen LogP contribution in [0.1, 0.15) is 37.3 Å².